The van der Waals surface area contributed by atoms with Gasteiger partial charge < -0.3 is 15.2 Å². The molecule has 1 aromatic carbocycles. The van der Waals surface area contributed by atoms with Crippen molar-refractivity contribution in [2.45, 2.75) is 39.2 Å². The Morgan fingerprint density at radius 3 is 2.63 bits per heavy atom. The lowest BCUT2D eigenvalue weighted by molar-refractivity contribution is -0.140. The first-order valence-electron chi connectivity index (χ1n) is 6.78. The molecule has 0 spiro atoms. The zero-order valence-corrected chi connectivity index (χ0v) is 11.8. The molecule has 0 aliphatic carbocycles. The fraction of sp³-hybridized carbons (Fsp3) is 0.533. The molecule has 0 aliphatic heterocycles. The van der Waals surface area contributed by atoms with Crippen LogP contribution in [0.2, 0.25) is 0 Å². The molecule has 0 saturated heterocycles. The average molecular weight is 265 g/mol. The minimum Gasteiger partial charge on any atom is -0.491 e. The number of carboxylic acids is 1. The summed E-state index contributed by atoms with van der Waals surface area (Å²) < 4.78 is 5.69. The summed E-state index contributed by atoms with van der Waals surface area (Å²) in [7, 11) is 0. The summed E-state index contributed by atoms with van der Waals surface area (Å²) in [5.74, 6) is 0.294. The van der Waals surface area contributed by atoms with Crippen molar-refractivity contribution in [3.63, 3.8) is 0 Å². The number of para-hydroxylation sites is 1. The Labute approximate surface area is 114 Å². The maximum Gasteiger partial charge on any atom is 0.324 e. The van der Waals surface area contributed by atoms with E-state index in [1.165, 1.54) is 0 Å². The zero-order chi connectivity index (χ0) is 14.3. The Morgan fingerprint density at radius 2 is 2.05 bits per heavy atom. The standard InChI is InChI=1S/C15H23NO3/c1-4-11(3)12-8-6-7-9-14(12)19-10-13(15(17)18)16-5-2/h6-9,11,13,16H,4-5,10H2,1-3H3,(H,17,18). The van der Waals surface area contributed by atoms with Crippen LogP contribution in [-0.2, 0) is 4.79 Å². The van der Waals surface area contributed by atoms with Crippen molar-refractivity contribution < 1.29 is 14.6 Å². The highest BCUT2D eigenvalue weighted by atomic mass is 16.5. The molecular weight excluding hydrogens is 242 g/mol. The van der Waals surface area contributed by atoms with Crippen molar-refractivity contribution >= 4 is 5.97 Å². The van der Waals surface area contributed by atoms with Crippen LogP contribution in [0.15, 0.2) is 24.3 Å². The van der Waals surface area contributed by atoms with E-state index < -0.39 is 12.0 Å². The van der Waals surface area contributed by atoms with Crippen LogP contribution < -0.4 is 10.1 Å². The molecule has 0 aromatic heterocycles. The topological polar surface area (TPSA) is 58.6 Å². The highest BCUT2D eigenvalue weighted by molar-refractivity contribution is 5.73. The number of hydrogen-bond donors (Lipinski definition) is 2. The van der Waals surface area contributed by atoms with E-state index in [2.05, 4.69) is 19.2 Å². The number of nitrogens with one attached hydrogen (secondary N) is 1. The second-order valence-corrected chi connectivity index (χ2v) is 4.61. The molecule has 1 aromatic rings. The molecule has 2 N–H and O–H groups in total. The Hall–Kier alpha value is -1.55. The molecule has 1 rings (SSSR count). The number of ether oxygens (including phenoxy) is 1. The molecule has 2 atom stereocenters. The zero-order valence-electron chi connectivity index (χ0n) is 11.8. The van der Waals surface area contributed by atoms with Gasteiger partial charge in [0.25, 0.3) is 0 Å². The largest absolute Gasteiger partial charge is 0.491 e. The quantitative estimate of drug-likeness (QED) is 0.758. The van der Waals surface area contributed by atoms with E-state index in [4.69, 9.17) is 9.84 Å². The van der Waals surface area contributed by atoms with Gasteiger partial charge in [-0.3, -0.25) is 4.79 Å². The van der Waals surface area contributed by atoms with Gasteiger partial charge in [-0.15, -0.1) is 0 Å². The molecule has 0 fully saturated rings. The molecule has 0 saturated carbocycles. The maximum atomic E-state index is 11.0. The normalized spacial score (nSPS) is 13.8. The Bertz CT molecular complexity index is 406. The van der Waals surface area contributed by atoms with Gasteiger partial charge in [-0.2, -0.15) is 0 Å². The third kappa shape index (κ3) is 4.56. The second kappa shape index (κ2) is 7.79. The van der Waals surface area contributed by atoms with E-state index in [1.807, 2.05) is 31.2 Å². The number of carboxylic acid groups (broad SMARTS) is 1. The van der Waals surface area contributed by atoms with E-state index in [0.29, 0.717) is 12.5 Å². The van der Waals surface area contributed by atoms with Crippen LogP contribution in [-0.4, -0.2) is 30.3 Å². The second-order valence-electron chi connectivity index (χ2n) is 4.61. The number of hydrogen-bond acceptors (Lipinski definition) is 3. The van der Waals surface area contributed by atoms with Crippen LogP contribution in [0.1, 0.15) is 38.7 Å². The number of benzene rings is 1. The van der Waals surface area contributed by atoms with Crippen molar-refractivity contribution in [3.8, 4) is 5.75 Å². The lowest BCUT2D eigenvalue weighted by Gasteiger charge is -2.18. The fourth-order valence-corrected chi connectivity index (χ4v) is 1.88. The smallest absolute Gasteiger partial charge is 0.324 e. The van der Waals surface area contributed by atoms with E-state index in [1.54, 1.807) is 0 Å². The average Bonchev–Trinajstić information content (AvgIpc) is 2.42. The SMILES string of the molecule is CCNC(COc1ccccc1C(C)CC)C(=O)O. The van der Waals surface area contributed by atoms with Crippen LogP contribution in [0.5, 0.6) is 5.75 Å². The van der Waals surface area contributed by atoms with Gasteiger partial charge in [-0.05, 0) is 30.5 Å². The van der Waals surface area contributed by atoms with Crippen LogP contribution in [0, 0.1) is 0 Å². The lowest BCUT2D eigenvalue weighted by atomic mass is 9.98. The molecular formula is C15H23NO3. The third-order valence-corrected chi connectivity index (χ3v) is 3.22. The minimum absolute atomic E-state index is 0.136. The molecule has 106 valence electrons. The van der Waals surface area contributed by atoms with Gasteiger partial charge in [0.1, 0.15) is 18.4 Å². The molecule has 19 heavy (non-hydrogen) atoms. The van der Waals surface area contributed by atoms with E-state index in [0.717, 1.165) is 17.7 Å². The maximum absolute atomic E-state index is 11.0. The van der Waals surface area contributed by atoms with Crippen molar-refractivity contribution in [2.24, 2.45) is 0 Å². The summed E-state index contributed by atoms with van der Waals surface area (Å²) in [6.07, 6.45) is 1.02. The minimum atomic E-state index is -0.886. The first-order chi connectivity index (χ1) is 9.10. The van der Waals surface area contributed by atoms with Crippen molar-refractivity contribution in [3.05, 3.63) is 29.8 Å². The summed E-state index contributed by atoms with van der Waals surface area (Å²) in [6, 6.07) is 7.14. The van der Waals surface area contributed by atoms with Gasteiger partial charge in [-0.25, -0.2) is 0 Å². The Morgan fingerprint density at radius 1 is 1.37 bits per heavy atom. The molecule has 0 radical (unpaired) electrons. The monoisotopic (exact) mass is 265 g/mol. The first kappa shape index (κ1) is 15.5. The van der Waals surface area contributed by atoms with Crippen LogP contribution in [0.3, 0.4) is 0 Å². The van der Waals surface area contributed by atoms with Crippen molar-refractivity contribution in [2.75, 3.05) is 13.2 Å². The van der Waals surface area contributed by atoms with Gasteiger partial charge in [0.15, 0.2) is 0 Å². The highest BCUT2D eigenvalue weighted by Gasteiger charge is 2.18. The van der Waals surface area contributed by atoms with E-state index >= 15 is 0 Å². The molecule has 4 nitrogen and oxygen atoms in total. The summed E-state index contributed by atoms with van der Waals surface area (Å²) in [5, 5.41) is 12.0. The number of carbonyl (C=O) groups is 1. The number of aliphatic carboxylic acids is 1. The van der Waals surface area contributed by atoms with Gasteiger partial charge >= 0.3 is 5.97 Å². The van der Waals surface area contributed by atoms with Crippen molar-refractivity contribution in [1.29, 1.82) is 0 Å². The molecule has 4 heteroatoms. The molecule has 0 heterocycles. The van der Waals surface area contributed by atoms with E-state index in [9.17, 15) is 4.79 Å². The van der Waals surface area contributed by atoms with Gasteiger partial charge in [0, 0.05) is 0 Å². The number of rotatable bonds is 8. The highest BCUT2D eigenvalue weighted by Crippen LogP contribution is 2.28. The molecule has 0 bridgehead atoms. The van der Waals surface area contributed by atoms with Crippen LogP contribution in [0.25, 0.3) is 0 Å². The first-order valence-corrected chi connectivity index (χ1v) is 6.78. The van der Waals surface area contributed by atoms with Gasteiger partial charge in [-0.1, -0.05) is 39.0 Å². The van der Waals surface area contributed by atoms with Gasteiger partial charge in [0.05, 0.1) is 0 Å². The Kier molecular flexibility index (Phi) is 6.36. The molecule has 2 unspecified atom stereocenters. The summed E-state index contributed by atoms with van der Waals surface area (Å²) in [4.78, 5) is 11.0. The summed E-state index contributed by atoms with van der Waals surface area (Å²) >= 11 is 0. The summed E-state index contributed by atoms with van der Waals surface area (Å²) in [6.45, 7) is 6.88. The summed E-state index contributed by atoms with van der Waals surface area (Å²) in [5.41, 5.74) is 1.13. The predicted molar refractivity (Wildman–Crippen MR) is 75.7 cm³/mol. The molecule has 0 amide bonds. The van der Waals surface area contributed by atoms with Gasteiger partial charge in [0.2, 0.25) is 0 Å². The van der Waals surface area contributed by atoms with Crippen LogP contribution in [0.4, 0.5) is 0 Å². The predicted octanol–water partition coefficient (Wildman–Crippen LogP) is 2.64. The fourth-order valence-electron chi connectivity index (χ4n) is 1.88. The Balaban J connectivity index is 2.73. The van der Waals surface area contributed by atoms with Crippen LogP contribution >= 0.6 is 0 Å². The number of likely N-dealkylation sites (N-methyl/N-ethyl adjacent to an activating group) is 1. The van der Waals surface area contributed by atoms with Crippen molar-refractivity contribution in [1.82, 2.24) is 5.32 Å². The van der Waals surface area contributed by atoms with E-state index in [-0.39, 0.29) is 6.61 Å². The third-order valence-electron chi connectivity index (χ3n) is 3.22. The molecule has 0 aliphatic rings. The lowest BCUT2D eigenvalue weighted by Crippen LogP contribution is -2.41.